The Morgan fingerprint density at radius 3 is 2.68 bits per heavy atom. The summed E-state index contributed by atoms with van der Waals surface area (Å²) in [6.07, 6.45) is 4.90. The number of aromatic nitrogens is 2. The molecule has 0 aliphatic carbocycles. The average molecular weight is 288 g/mol. The highest BCUT2D eigenvalue weighted by molar-refractivity contribution is 7.92. The van der Waals surface area contributed by atoms with Crippen molar-refractivity contribution in [2.45, 2.75) is 39.7 Å². The van der Waals surface area contributed by atoms with Crippen LogP contribution in [0.25, 0.3) is 0 Å². The Hall–Kier alpha value is -1.08. The number of sulfonamides is 1. The summed E-state index contributed by atoms with van der Waals surface area (Å²) in [5.74, 6) is 0.122. The van der Waals surface area contributed by atoms with Gasteiger partial charge >= 0.3 is 0 Å². The van der Waals surface area contributed by atoms with Crippen molar-refractivity contribution in [3.05, 3.63) is 12.4 Å². The van der Waals surface area contributed by atoms with E-state index < -0.39 is 10.0 Å². The molecule has 19 heavy (non-hydrogen) atoms. The van der Waals surface area contributed by atoms with E-state index in [0.717, 1.165) is 19.5 Å². The lowest BCUT2D eigenvalue weighted by molar-refractivity contribution is 0.532. The maximum Gasteiger partial charge on any atom is 0.232 e. The smallest absolute Gasteiger partial charge is 0.232 e. The molecular formula is C12H24N4O2S. The van der Waals surface area contributed by atoms with Gasteiger partial charge in [0.05, 0.1) is 17.6 Å². The molecule has 0 amide bonds. The average Bonchev–Trinajstić information content (AvgIpc) is 2.76. The lowest BCUT2D eigenvalue weighted by Crippen LogP contribution is -2.22. The van der Waals surface area contributed by atoms with Gasteiger partial charge in [0.25, 0.3) is 0 Å². The Morgan fingerprint density at radius 1 is 1.37 bits per heavy atom. The van der Waals surface area contributed by atoms with Gasteiger partial charge in [-0.2, -0.15) is 5.10 Å². The van der Waals surface area contributed by atoms with Crippen molar-refractivity contribution >= 4 is 15.7 Å². The summed E-state index contributed by atoms with van der Waals surface area (Å²) in [5, 5.41) is 7.28. The number of nitrogens with zero attached hydrogens (tertiary/aromatic N) is 2. The van der Waals surface area contributed by atoms with E-state index in [4.69, 9.17) is 0 Å². The monoisotopic (exact) mass is 288 g/mol. The van der Waals surface area contributed by atoms with Crippen LogP contribution >= 0.6 is 0 Å². The van der Waals surface area contributed by atoms with Gasteiger partial charge in [0.1, 0.15) is 0 Å². The molecule has 1 heterocycles. The highest BCUT2D eigenvalue weighted by Gasteiger charge is 2.11. The van der Waals surface area contributed by atoms with Crippen LogP contribution in [0, 0.1) is 0 Å². The molecule has 1 aromatic rings. The fourth-order valence-corrected chi connectivity index (χ4v) is 2.68. The lowest BCUT2D eigenvalue weighted by atomic mass is 10.4. The zero-order valence-corrected chi connectivity index (χ0v) is 12.7. The van der Waals surface area contributed by atoms with Crippen LogP contribution in [0.2, 0.25) is 0 Å². The van der Waals surface area contributed by atoms with Crippen molar-refractivity contribution in [2.24, 2.45) is 0 Å². The predicted octanol–water partition coefficient (Wildman–Crippen LogP) is 1.60. The fraction of sp³-hybridized carbons (Fsp3) is 0.750. The molecule has 0 unspecified atom stereocenters. The minimum Gasteiger partial charge on any atom is -0.317 e. The van der Waals surface area contributed by atoms with Crippen LogP contribution in [0.1, 0.15) is 39.7 Å². The predicted molar refractivity (Wildman–Crippen MR) is 77.8 cm³/mol. The van der Waals surface area contributed by atoms with Crippen LogP contribution in [0.3, 0.4) is 0 Å². The van der Waals surface area contributed by atoms with Gasteiger partial charge in [-0.1, -0.05) is 6.92 Å². The molecule has 6 nitrogen and oxygen atoms in total. The van der Waals surface area contributed by atoms with E-state index in [-0.39, 0.29) is 11.8 Å². The van der Waals surface area contributed by atoms with Crippen LogP contribution < -0.4 is 10.0 Å². The summed E-state index contributed by atoms with van der Waals surface area (Å²) >= 11 is 0. The van der Waals surface area contributed by atoms with Crippen molar-refractivity contribution in [3.8, 4) is 0 Å². The number of rotatable bonds is 9. The Kier molecular flexibility index (Phi) is 6.30. The lowest BCUT2D eigenvalue weighted by Gasteiger charge is -2.07. The molecule has 0 saturated heterocycles. The van der Waals surface area contributed by atoms with Crippen molar-refractivity contribution in [2.75, 3.05) is 23.6 Å². The zero-order valence-electron chi connectivity index (χ0n) is 11.9. The highest BCUT2D eigenvalue weighted by Crippen LogP contribution is 2.11. The van der Waals surface area contributed by atoms with Crippen molar-refractivity contribution in [3.63, 3.8) is 0 Å². The first kappa shape index (κ1) is 16.0. The third-order valence-corrected chi connectivity index (χ3v) is 3.97. The van der Waals surface area contributed by atoms with E-state index >= 15 is 0 Å². The van der Waals surface area contributed by atoms with Gasteiger partial charge in [-0.05, 0) is 39.8 Å². The van der Waals surface area contributed by atoms with E-state index in [0.29, 0.717) is 12.1 Å². The third-order valence-electron chi connectivity index (χ3n) is 2.60. The molecule has 0 atom stereocenters. The standard InChI is InChI=1S/C12H24N4O2S/c1-4-6-13-7-5-8-19(17,18)15-12-9-14-16(10-12)11(2)3/h9-11,13,15H,4-8H2,1-3H3. The molecule has 1 aromatic heterocycles. The van der Waals surface area contributed by atoms with Crippen LogP contribution in [-0.2, 0) is 10.0 Å². The summed E-state index contributed by atoms with van der Waals surface area (Å²) in [4.78, 5) is 0. The Balaban J connectivity index is 2.40. The molecule has 0 fully saturated rings. The van der Waals surface area contributed by atoms with Crippen molar-refractivity contribution < 1.29 is 8.42 Å². The van der Waals surface area contributed by atoms with Crippen LogP contribution in [-0.4, -0.2) is 37.0 Å². The maximum absolute atomic E-state index is 11.8. The van der Waals surface area contributed by atoms with Crippen molar-refractivity contribution in [1.82, 2.24) is 15.1 Å². The third kappa shape index (κ3) is 6.07. The van der Waals surface area contributed by atoms with E-state index in [2.05, 4.69) is 22.1 Å². The second-order valence-corrected chi connectivity index (χ2v) is 6.67. The molecule has 1 rings (SSSR count). The summed E-state index contributed by atoms with van der Waals surface area (Å²) in [6.45, 7) is 7.71. The number of hydrogen-bond acceptors (Lipinski definition) is 4. The molecule has 0 bridgehead atoms. The van der Waals surface area contributed by atoms with Crippen LogP contribution in [0.15, 0.2) is 12.4 Å². The minimum absolute atomic E-state index is 0.122. The molecule has 0 aromatic carbocycles. The molecular weight excluding hydrogens is 264 g/mol. The van der Waals surface area contributed by atoms with Gasteiger partial charge in [-0.3, -0.25) is 9.40 Å². The molecule has 0 saturated carbocycles. The van der Waals surface area contributed by atoms with E-state index in [1.807, 2.05) is 13.8 Å². The summed E-state index contributed by atoms with van der Waals surface area (Å²) in [7, 11) is -3.28. The number of nitrogens with one attached hydrogen (secondary N) is 2. The quantitative estimate of drug-likeness (QED) is 0.677. The molecule has 2 N–H and O–H groups in total. The first-order valence-corrected chi connectivity index (χ1v) is 8.35. The molecule has 0 spiro atoms. The Bertz CT molecular complexity index is 468. The van der Waals surface area contributed by atoms with Gasteiger partial charge in [0, 0.05) is 12.2 Å². The Morgan fingerprint density at radius 2 is 2.11 bits per heavy atom. The summed E-state index contributed by atoms with van der Waals surface area (Å²) in [6, 6.07) is 0.219. The molecule has 7 heteroatoms. The topological polar surface area (TPSA) is 76.0 Å². The first-order chi connectivity index (χ1) is 8.94. The molecule has 110 valence electrons. The maximum atomic E-state index is 11.8. The fourth-order valence-electron chi connectivity index (χ4n) is 1.59. The Labute approximate surface area is 115 Å². The van der Waals surface area contributed by atoms with Gasteiger partial charge in [-0.15, -0.1) is 0 Å². The van der Waals surface area contributed by atoms with E-state index in [1.54, 1.807) is 10.9 Å². The summed E-state index contributed by atoms with van der Waals surface area (Å²) in [5.41, 5.74) is 0.523. The highest BCUT2D eigenvalue weighted by atomic mass is 32.2. The minimum atomic E-state index is -3.28. The van der Waals surface area contributed by atoms with E-state index in [1.165, 1.54) is 6.20 Å². The SMILES string of the molecule is CCCNCCCS(=O)(=O)Nc1cnn(C(C)C)c1. The zero-order chi connectivity index (χ0) is 14.3. The van der Waals surface area contributed by atoms with Crippen LogP contribution in [0.5, 0.6) is 0 Å². The molecule has 0 aliphatic rings. The van der Waals surface area contributed by atoms with Crippen molar-refractivity contribution in [1.29, 1.82) is 0 Å². The van der Waals surface area contributed by atoms with Gasteiger partial charge < -0.3 is 5.32 Å². The number of anilines is 1. The van der Waals surface area contributed by atoms with Crippen LogP contribution in [0.4, 0.5) is 5.69 Å². The number of hydrogen-bond donors (Lipinski definition) is 2. The largest absolute Gasteiger partial charge is 0.317 e. The normalized spacial score (nSPS) is 12.0. The van der Waals surface area contributed by atoms with Gasteiger partial charge in [-0.25, -0.2) is 8.42 Å². The second-order valence-electron chi connectivity index (χ2n) is 4.83. The summed E-state index contributed by atoms with van der Waals surface area (Å²) < 4.78 is 27.9. The first-order valence-electron chi connectivity index (χ1n) is 6.70. The van der Waals surface area contributed by atoms with Gasteiger partial charge in [0.15, 0.2) is 0 Å². The van der Waals surface area contributed by atoms with Gasteiger partial charge in [0.2, 0.25) is 10.0 Å². The van der Waals surface area contributed by atoms with E-state index in [9.17, 15) is 8.42 Å². The second kappa shape index (κ2) is 7.49. The molecule has 0 radical (unpaired) electrons. The molecule has 0 aliphatic heterocycles.